The van der Waals surface area contributed by atoms with E-state index in [1.165, 1.54) is 23.5 Å². The lowest BCUT2D eigenvalue weighted by molar-refractivity contribution is 0.628. The number of halogens is 1. The summed E-state index contributed by atoms with van der Waals surface area (Å²) in [6, 6.07) is 8.21. The van der Waals surface area contributed by atoms with Crippen LogP contribution in [0.1, 0.15) is 31.2 Å². The van der Waals surface area contributed by atoms with Crippen LogP contribution in [0.4, 0.5) is 4.39 Å². The highest BCUT2D eigenvalue weighted by Crippen LogP contribution is 2.27. The predicted octanol–water partition coefficient (Wildman–Crippen LogP) is 3.52. The van der Waals surface area contributed by atoms with Crippen LogP contribution in [0.2, 0.25) is 0 Å². The van der Waals surface area contributed by atoms with Gasteiger partial charge in [0, 0.05) is 10.9 Å². The van der Waals surface area contributed by atoms with Crippen molar-refractivity contribution in [3.63, 3.8) is 0 Å². The first kappa shape index (κ1) is 14.4. The van der Waals surface area contributed by atoms with Crippen molar-refractivity contribution in [2.24, 2.45) is 0 Å². The Balaban J connectivity index is 2.03. The number of nitrogens with zero attached hydrogens (tertiary/aromatic N) is 5. The highest BCUT2D eigenvalue weighted by molar-refractivity contribution is 7.12. The minimum atomic E-state index is -0.281. The van der Waals surface area contributed by atoms with E-state index < -0.39 is 0 Å². The van der Waals surface area contributed by atoms with Gasteiger partial charge in [-0.3, -0.25) is 0 Å². The molecule has 0 saturated heterocycles. The van der Waals surface area contributed by atoms with Crippen LogP contribution in [0, 0.1) is 17.1 Å². The Morgan fingerprint density at radius 3 is 2.64 bits per heavy atom. The number of benzene rings is 1. The molecule has 22 heavy (non-hydrogen) atoms. The summed E-state index contributed by atoms with van der Waals surface area (Å²) in [7, 11) is 0. The van der Waals surface area contributed by atoms with Crippen molar-refractivity contribution in [2.75, 3.05) is 0 Å². The highest BCUT2D eigenvalue weighted by atomic mass is 32.1. The number of nitriles is 1. The molecule has 3 rings (SSSR count). The Labute approximate surface area is 130 Å². The van der Waals surface area contributed by atoms with Crippen LogP contribution in [-0.2, 0) is 0 Å². The second-order valence-electron chi connectivity index (χ2n) is 5.02. The minimum Gasteiger partial charge on any atom is -0.218 e. The zero-order chi connectivity index (χ0) is 15.7. The molecule has 0 unspecified atom stereocenters. The molecule has 7 heteroatoms. The molecule has 0 saturated carbocycles. The Morgan fingerprint density at radius 2 is 2.00 bits per heavy atom. The van der Waals surface area contributed by atoms with Crippen LogP contribution in [0.3, 0.4) is 0 Å². The summed E-state index contributed by atoms with van der Waals surface area (Å²) in [6.45, 7) is 3.95. The first-order valence-corrected chi connectivity index (χ1v) is 7.55. The molecule has 0 atom stereocenters. The van der Waals surface area contributed by atoms with Gasteiger partial charge in [0.15, 0.2) is 5.69 Å². The Morgan fingerprint density at radius 1 is 1.27 bits per heavy atom. The molecule has 110 valence electrons. The third-order valence-electron chi connectivity index (χ3n) is 3.17. The van der Waals surface area contributed by atoms with E-state index >= 15 is 0 Å². The number of hydrogen-bond donors (Lipinski definition) is 0. The smallest absolute Gasteiger partial charge is 0.212 e. The minimum absolute atomic E-state index is 0.0998. The van der Waals surface area contributed by atoms with Crippen LogP contribution < -0.4 is 0 Å². The molecule has 2 aromatic heterocycles. The van der Waals surface area contributed by atoms with Crippen molar-refractivity contribution in [2.45, 2.75) is 19.8 Å². The molecule has 2 heterocycles. The van der Waals surface area contributed by atoms with E-state index in [0.717, 1.165) is 17.0 Å². The quantitative estimate of drug-likeness (QED) is 0.742. The van der Waals surface area contributed by atoms with Crippen LogP contribution in [0.5, 0.6) is 0 Å². The molecule has 3 aromatic rings. The fourth-order valence-corrected chi connectivity index (χ4v) is 2.93. The van der Waals surface area contributed by atoms with E-state index in [1.807, 2.05) is 19.2 Å². The number of thiazole rings is 1. The lowest BCUT2D eigenvalue weighted by Crippen LogP contribution is -2.04. The molecule has 0 spiro atoms. The average Bonchev–Trinajstić information content (AvgIpc) is 3.14. The van der Waals surface area contributed by atoms with Crippen molar-refractivity contribution < 1.29 is 4.39 Å². The molecule has 0 bridgehead atoms. The van der Waals surface area contributed by atoms with E-state index in [9.17, 15) is 4.39 Å². The number of aromatic nitrogens is 4. The number of rotatable bonds is 3. The van der Waals surface area contributed by atoms with E-state index in [2.05, 4.69) is 21.4 Å². The van der Waals surface area contributed by atoms with Gasteiger partial charge in [0.2, 0.25) is 5.13 Å². The van der Waals surface area contributed by atoms with Gasteiger partial charge in [0.25, 0.3) is 0 Å². The maximum atomic E-state index is 13.0. The average molecular weight is 313 g/mol. The first-order chi connectivity index (χ1) is 10.6. The first-order valence-electron chi connectivity index (χ1n) is 6.67. The van der Waals surface area contributed by atoms with Crippen molar-refractivity contribution >= 4 is 11.3 Å². The van der Waals surface area contributed by atoms with E-state index in [-0.39, 0.29) is 11.7 Å². The Bertz CT molecular complexity index is 842. The van der Waals surface area contributed by atoms with Gasteiger partial charge in [-0.2, -0.15) is 9.94 Å². The second-order valence-corrected chi connectivity index (χ2v) is 5.86. The fourth-order valence-electron chi connectivity index (χ4n) is 2.14. The maximum absolute atomic E-state index is 13.0. The highest BCUT2D eigenvalue weighted by Gasteiger charge is 2.19. The fraction of sp³-hybridized carbons (Fsp3) is 0.200. The molecule has 0 N–H and O–H groups in total. The van der Waals surface area contributed by atoms with E-state index in [1.54, 1.807) is 16.8 Å². The van der Waals surface area contributed by atoms with Crippen molar-refractivity contribution in [1.29, 1.82) is 5.26 Å². The summed E-state index contributed by atoms with van der Waals surface area (Å²) >= 11 is 1.40. The standard InChI is InChI=1S/C15H12FN5S/c1-9(2)14-12(7-17)19-20-21(14)15-18-13(8-22-15)10-3-5-11(16)6-4-10/h3-6,8-9H,1-2H3. The van der Waals surface area contributed by atoms with Gasteiger partial charge in [0.05, 0.1) is 11.4 Å². The molecule has 0 aliphatic rings. The van der Waals surface area contributed by atoms with Gasteiger partial charge in [0.1, 0.15) is 11.9 Å². The summed E-state index contributed by atoms with van der Waals surface area (Å²) in [5.74, 6) is -0.181. The van der Waals surface area contributed by atoms with Gasteiger partial charge >= 0.3 is 0 Å². The summed E-state index contributed by atoms with van der Waals surface area (Å²) in [4.78, 5) is 4.52. The normalized spacial score (nSPS) is 10.9. The van der Waals surface area contributed by atoms with Gasteiger partial charge < -0.3 is 0 Å². The van der Waals surface area contributed by atoms with Crippen molar-refractivity contribution in [3.05, 3.63) is 46.9 Å². The molecule has 0 aliphatic carbocycles. The van der Waals surface area contributed by atoms with Crippen LogP contribution in [-0.4, -0.2) is 20.0 Å². The van der Waals surface area contributed by atoms with Crippen LogP contribution in [0.15, 0.2) is 29.6 Å². The second kappa shape index (κ2) is 5.66. The van der Waals surface area contributed by atoms with Gasteiger partial charge in [-0.15, -0.1) is 16.4 Å². The third-order valence-corrected chi connectivity index (χ3v) is 3.99. The summed E-state index contributed by atoms with van der Waals surface area (Å²) in [5, 5.41) is 19.6. The Kier molecular flexibility index (Phi) is 3.69. The lowest BCUT2D eigenvalue weighted by Gasteiger charge is -2.05. The SMILES string of the molecule is CC(C)c1c(C#N)nnn1-c1nc(-c2ccc(F)cc2)cs1. The third kappa shape index (κ3) is 2.49. The largest absolute Gasteiger partial charge is 0.218 e. The maximum Gasteiger partial charge on any atom is 0.212 e. The van der Waals surface area contributed by atoms with Crippen LogP contribution >= 0.6 is 11.3 Å². The summed E-state index contributed by atoms with van der Waals surface area (Å²) in [6.07, 6.45) is 0. The van der Waals surface area contributed by atoms with Gasteiger partial charge in [-0.05, 0) is 30.2 Å². The zero-order valence-corrected chi connectivity index (χ0v) is 12.8. The molecular weight excluding hydrogens is 301 g/mol. The van der Waals surface area contributed by atoms with Crippen molar-refractivity contribution in [1.82, 2.24) is 20.0 Å². The zero-order valence-electron chi connectivity index (χ0n) is 12.0. The summed E-state index contributed by atoms with van der Waals surface area (Å²) in [5.41, 5.74) is 2.62. The number of hydrogen-bond acceptors (Lipinski definition) is 5. The summed E-state index contributed by atoms with van der Waals surface area (Å²) < 4.78 is 14.6. The lowest BCUT2D eigenvalue weighted by atomic mass is 10.1. The molecule has 0 aliphatic heterocycles. The van der Waals surface area contributed by atoms with Gasteiger partial charge in [-0.1, -0.05) is 19.1 Å². The van der Waals surface area contributed by atoms with Crippen molar-refractivity contribution in [3.8, 4) is 22.5 Å². The monoisotopic (exact) mass is 313 g/mol. The molecule has 5 nitrogen and oxygen atoms in total. The molecule has 0 fully saturated rings. The molecule has 0 radical (unpaired) electrons. The Hall–Kier alpha value is -2.59. The topological polar surface area (TPSA) is 67.4 Å². The predicted molar refractivity (Wildman–Crippen MR) is 81.2 cm³/mol. The van der Waals surface area contributed by atoms with Crippen LogP contribution in [0.25, 0.3) is 16.4 Å². The van der Waals surface area contributed by atoms with E-state index in [4.69, 9.17) is 5.26 Å². The molecule has 1 aromatic carbocycles. The van der Waals surface area contributed by atoms with Gasteiger partial charge in [-0.25, -0.2) is 9.37 Å². The molecular formula is C15H12FN5S. The van der Waals surface area contributed by atoms with E-state index in [0.29, 0.717) is 10.8 Å². The molecule has 0 amide bonds.